The van der Waals surface area contributed by atoms with Gasteiger partial charge in [-0.15, -0.1) is 0 Å². The minimum Gasteiger partial charge on any atom is -0.385 e. The largest absolute Gasteiger partial charge is 0.385 e. The van der Waals surface area contributed by atoms with E-state index in [1.165, 1.54) is 18.7 Å². The molecule has 3 aliphatic rings. The molecular weight excluding hydrogens is 353 g/mol. The lowest BCUT2D eigenvalue weighted by atomic mass is 10.2. The van der Waals surface area contributed by atoms with Gasteiger partial charge in [-0.3, -0.25) is 4.90 Å². The molecule has 1 saturated carbocycles. The van der Waals surface area contributed by atoms with Crippen molar-refractivity contribution in [3.05, 3.63) is 59.9 Å². The summed E-state index contributed by atoms with van der Waals surface area (Å²) in [5.41, 5.74) is 2.98. The van der Waals surface area contributed by atoms with Gasteiger partial charge in [0.2, 0.25) is 0 Å². The molecule has 1 aliphatic carbocycles. The van der Waals surface area contributed by atoms with Crippen molar-refractivity contribution in [2.45, 2.75) is 6.54 Å². The van der Waals surface area contributed by atoms with E-state index in [0.717, 1.165) is 49.6 Å². The summed E-state index contributed by atoms with van der Waals surface area (Å²) in [6.07, 6.45) is 0. The Balaban J connectivity index is 1.10. The van der Waals surface area contributed by atoms with Gasteiger partial charge in [0, 0.05) is 45.0 Å². The van der Waals surface area contributed by atoms with E-state index in [0.29, 0.717) is 18.9 Å². The molecule has 2 saturated heterocycles. The first kappa shape index (κ1) is 18.0. The van der Waals surface area contributed by atoms with Crippen molar-refractivity contribution in [2.75, 3.05) is 56.2 Å². The Morgan fingerprint density at radius 1 is 1.00 bits per heavy atom. The van der Waals surface area contributed by atoms with Crippen molar-refractivity contribution in [3.8, 4) is 0 Å². The van der Waals surface area contributed by atoms with Crippen LogP contribution in [0.1, 0.15) is 5.56 Å². The molecule has 2 aromatic carbocycles. The summed E-state index contributed by atoms with van der Waals surface area (Å²) in [5, 5.41) is 3.47. The summed E-state index contributed by atoms with van der Waals surface area (Å²) in [4.78, 5) is 4.63. The van der Waals surface area contributed by atoms with Crippen LogP contribution in [0.15, 0.2) is 48.5 Å². The molecular formula is C23H28FN3O. The van der Waals surface area contributed by atoms with Crippen molar-refractivity contribution in [2.24, 2.45) is 17.8 Å². The van der Waals surface area contributed by atoms with E-state index in [4.69, 9.17) is 4.74 Å². The summed E-state index contributed by atoms with van der Waals surface area (Å²) in [5.74, 6) is 2.19. The minimum atomic E-state index is -0.142. The van der Waals surface area contributed by atoms with Gasteiger partial charge in [0.25, 0.3) is 0 Å². The van der Waals surface area contributed by atoms with Gasteiger partial charge in [-0.05, 0) is 41.5 Å². The molecule has 5 heteroatoms. The Hall–Kier alpha value is -2.11. The Kier molecular flexibility index (Phi) is 4.95. The molecule has 2 aromatic rings. The maximum absolute atomic E-state index is 14.5. The van der Waals surface area contributed by atoms with Crippen molar-refractivity contribution < 1.29 is 9.13 Å². The zero-order chi connectivity index (χ0) is 18.9. The number of ether oxygens (including phenoxy) is 1. The second kappa shape index (κ2) is 7.72. The van der Waals surface area contributed by atoms with Crippen LogP contribution in [0.25, 0.3) is 0 Å². The monoisotopic (exact) mass is 381 g/mol. The molecule has 4 nitrogen and oxygen atoms in total. The van der Waals surface area contributed by atoms with Crippen LogP contribution in [0.4, 0.5) is 15.8 Å². The predicted molar refractivity (Wildman–Crippen MR) is 110 cm³/mol. The van der Waals surface area contributed by atoms with Crippen LogP contribution in [0.2, 0.25) is 0 Å². The highest BCUT2D eigenvalue weighted by atomic mass is 19.1. The molecule has 3 fully saturated rings. The normalized spacial score (nSPS) is 26.9. The molecule has 0 aromatic heterocycles. The number of halogens is 1. The number of nitrogens with zero attached hydrogens (tertiary/aromatic N) is 2. The molecule has 2 heterocycles. The second-order valence-corrected chi connectivity index (χ2v) is 8.32. The Bertz CT molecular complexity index is 797. The third-order valence-electron chi connectivity index (χ3n) is 6.54. The average molecular weight is 381 g/mol. The highest BCUT2D eigenvalue weighted by molar-refractivity contribution is 5.56. The van der Waals surface area contributed by atoms with Crippen LogP contribution < -0.4 is 10.2 Å². The maximum Gasteiger partial charge on any atom is 0.148 e. The molecule has 0 radical (unpaired) electrons. The number of morpholine rings is 1. The van der Waals surface area contributed by atoms with Gasteiger partial charge in [0.05, 0.1) is 18.9 Å². The molecule has 2 unspecified atom stereocenters. The van der Waals surface area contributed by atoms with E-state index in [9.17, 15) is 4.39 Å². The fraction of sp³-hybridized carbons (Fsp3) is 0.478. The standard InChI is InChI=1S/C23H28FN3O/c24-22-12-18(6-7-23(22)27-8-10-28-11-9-27)25-13-19-20-15-26(16-21(19)20)14-17-4-2-1-3-5-17/h1-7,12,19-21,25H,8-11,13-16H2. The maximum atomic E-state index is 14.5. The molecule has 0 amide bonds. The van der Waals surface area contributed by atoms with Gasteiger partial charge in [-0.25, -0.2) is 4.39 Å². The van der Waals surface area contributed by atoms with Gasteiger partial charge in [0.1, 0.15) is 5.82 Å². The number of nitrogens with one attached hydrogen (secondary N) is 1. The van der Waals surface area contributed by atoms with E-state index in [1.54, 1.807) is 6.07 Å². The van der Waals surface area contributed by atoms with Gasteiger partial charge in [0.15, 0.2) is 0 Å². The summed E-state index contributed by atoms with van der Waals surface area (Å²) in [6, 6.07) is 16.3. The first-order valence-electron chi connectivity index (χ1n) is 10.4. The van der Waals surface area contributed by atoms with Crippen molar-refractivity contribution in [1.82, 2.24) is 4.90 Å². The highest BCUT2D eigenvalue weighted by Crippen LogP contribution is 2.51. The number of hydrogen-bond acceptors (Lipinski definition) is 4. The number of likely N-dealkylation sites (tertiary alicyclic amines) is 1. The number of hydrogen-bond donors (Lipinski definition) is 1. The minimum absolute atomic E-state index is 0.142. The predicted octanol–water partition coefficient (Wildman–Crippen LogP) is 3.45. The summed E-state index contributed by atoms with van der Waals surface area (Å²) < 4.78 is 19.9. The van der Waals surface area contributed by atoms with Crippen LogP contribution in [0.5, 0.6) is 0 Å². The fourth-order valence-corrected chi connectivity index (χ4v) is 4.92. The zero-order valence-electron chi connectivity index (χ0n) is 16.2. The topological polar surface area (TPSA) is 27.7 Å². The van der Waals surface area contributed by atoms with E-state index in [1.807, 2.05) is 12.1 Å². The summed E-state index contributed by atoms with van der Waals surface area (Å²) in [7, 11) is 0. The smallest absolute Gasteiger partial charge is 0.148 e. The van der Waals surface area contributed by atoms with E-state index < -0.39 is 0 Å². The van der Waals surface area contributed by atoms with E-state index >= 15 is 0 Å². The van der Waals surface area contributed by atoms with Crippen molar-refractivity contribution in [1.29, 1.82) is 0 Å². The molecule has 2 atom stereocenters. The molecule has 0 spiro atoms. The fourth-order valence-electron chi connectivity index (χ4n) is 4.92. The van der Waals surface area contributed by atoms with Gasteiger partial charge in [-0.1, -0.05) is 30.3 Å². The lowest BCUT2D eigenvalue weighted by Gasteiger charge is -2.29. The van der Waals surface area contributed by atoms with Crippen molar-refractivity contribution >= 4 is 11.4 Å². The second-order valence-electron chi connectivity index (χ2n) is 8.32. The van der Waals surface area contributed by atoms with E-state index in [-0.39, 0.29) is 5.82 Å². The lowest BCUT2D eigenvalue weighted by molar-refractivity contribution is 0.122. The number of piperidine rings is 1. The van der Waals surface area contributed by atoms with Crippen LogP contribution >= 0.6 is 0 Å². The lowest BCUT2D eigenvalue weighted by Crippen LogP contribution is -2.36. The highest BCUT2D eigenvalue weighted by Gasteiger charge is 2.54. The SMILES string of the molecule is Fc1cc(NCC2C3CN(Cc4ccccc4)CC23)ccc1N1CCOCC1. The molecule has 1 N–H and O–H groups in total. The first-order chi connectivity index (χ1) is 13.8. The van der Waals surface area contributed by atoms with Gasteiger partial charge in [-0.2, -0.15) is 0 Å². The Labute approximate surface area is 166 Å². The molecule has 28 heavy (non-hydrogen) atoms. The third kappa shape index (κ3) is 3.74. The van der Waals surface area contributed by atoms with Crippen LogP contribution in [-0.2, 0) is 11.3 Å². The quantitative estimate of drug-likeness (QED) is 0.830. The molecule has 2 aliphatic heterocycles. The summed E-state index contributed by atoms with van der Waals surface area (Å²) >= 11 is 0. The Morgan fingerprint density at radius 2 is 1.75 bits per heavy atom. The molecule has 148 valence electrons. The molecule has 5 rings (SSSR count). The summed E-state index contributed by atoms with van der Waals surface area (Å²) in [6.45, 7) is 7.25. The third-order valence-corrected chi connectivity index (χ3v) is 6.54. The van der Waals surface area contributed by atoms with Crippen LogP contribution in [0, 0.1) is 23.6 Å². The van der Waals surface area contributed by atoms with Gasteiger partial charge < -0.3 is 15.0 Å². The van der Waals surface area contributed by atoms with Crippen molar-refractivity contribution in [3.63, 3.8) is 0 Å². The number of fused-ring (bicyclic) bond motifs is 1. The number of benzene rings is 2. The Morgan fingerprint density at radius 3 is 2.46 bits per heavy atom. The zero-order valence-corrected chi connectivity index (χ0v) is 16.2. The number of anilines is 2. The molecule has 0 bridgehead atoms. The van der Waals surface area contributed by atoms with Crippen LogP contribution in [-0.4, -0.2) is 50.8 Å². The van der Waals surface area contributed by atoms with E-state index in [2.05, 4.69) is 45.4 Å². The number of rotatable bonds is 6. The van der Waals surface area contributed by atoms with Gasteiger partial charge >= 0.3 is 0 Å². The first-order valence-corrected chi connectivity index (χ1v) is 10.4. The average Bonchev–Trinajstić information content (AvgIpc) is 3.19. The van der Waals surface area contributed by atoms with Crippen LogP contribution in [0.3, 0.4) is 0 Å².